The Hall–Kier alpha value is -1.55. The summed E-state index contributed by atoms with van der Waals surface area (Å²) in [5.74, 6) is 0.634. The molecule has 1 heterocycles. The molecule has 14 heavy (non-hydrogen) atoms. The first-order valence-corrected chi connectivity index (χ1v) is 4.58. The lowest BCUT2D eigenvalue weighted by molar-refractivity contribution is 1.04. The summed E-state index contributed by atoms with van der Waals surface area (Å²) in [6.45, 7) is 0. The predicted molar refractivity (Wildman–Crippen MR) is 56.3 cm³/mol. The molecule has 2 rings (SSSR count). The van der Waals surface area contributed by atoms with Crippen molar-refractivity contribution in [3.63, 3.8) is 0 Å². The lowest BCUT2D eigenvalue weighted by Gasteiger charge is -2.00. The van der Waals surface area contributed by atoms with Crippen LogP contribution in [0.5, 0.6) is 0 Å². The number of halogens is 1. The molecule has 0 amide bonds. The zero-order valence-corrected chi connectivity index (χ0v) is 8.01. The van der Waals surface area contributed by atoms with Gasteiger partial charge in [-0.3, -0.25) is 4.79 Å². The minimum atomic E-state index is -0.189. The van der Waals surface area contributed by atoms with Gasteiger partial charge in [0.05, 0.1) is 16.8 Å². The lowest BCUT2D eigenvalue weighted by Crippen LogP contribution is -2.10. The van der Waals surface area contributed by atoms with E-state index in [4.69, 9.17) is 17.3 Å². The maximum absolute atomic E-state index is 11.5. The highest BCUT2D eigenvalue weighted by Gasteiger charge is 2.02. The highest BCUT2D eigenvalue weighted by molar-refractivity contribution is 6.16. The second-order valence-corrected chi connectivity index (χ2v) is 3.19. The Bertz CT molecular complexity index is 535. The Kier molecular flexibility index (Phi) is 2.13. The maximum atomic E-state index is 11.5. The van der Waals surface area contributed by atoms with Gasteiger partial charge in [0.15, 0.2) is 0 Å². The molecule has 0 atom stereocenters. The molecular weight excluding hydrogens is 202 g/mol. The predicted octanol–water partition coefficient (Wildman–Crippen LogP) is 1.24. The Morgan fingerprint density at radius 2 is 2.29 bits per heavy atom. The van der Waals surface area contributed by atoms with Gasteiger partial charge in [0.2, 0.25) is 0 Å². The molecule has 0 aliphatic carbocycles. The van der Waals surface area contributed by atoms with Crippen LogP contribution >= 0.6 is 11.6 Å². The van der Waals surface area contributed by atoms with Crippen LogP contribution in [0, 0.1) is 0 Å². The van der Waals surface area contributed by atoms with E-state index in [0.29, 0.717) is 22.4 Å². The molecule has 5 heteroatoms. The minimum Gasteiger partial charge on any atom is -0.399 e. The van der Waals surface area contributed by atoms with Crippen molar-refractivity contribution in [3.8, 4) is 0 Å². The van der Waals surface area contributed by atoms with Crippen molar-refractivity contribution < 1.29 is 0 Å². The Morgan fingerprint density at radius 1 is 1.50 bits per heavy atom. The molecule has 1 aromatic heterocycles. The molecule has 0 saturated carbocycles. The van der Waals surface area contributed by atoms with Crippen molar-refractivity contribution >= 4 is 28.2 Å². The summed E-state index contributed by atoms with van der Waals surface area (Å²) in [6.07, 6.45) is 0. The van der Waals surface area contributed by atoms with Crippen LogP contribution < -0.4 is 11.3 Å². The Labute approximate surface area is 84.7 Å². The summed E-state index contributed by atoms with van der Waals surface area (Å²) in [5.41, 5.74) is 6.54. The number of aromatic nitrogens is 2. The molecule has 0 saturated heterocycles. The van der Waals surface area contributed by atoms with Crippen molar-refractivity contribution in [2.75, 3.05) is 5.73 Å². The fourth-order valence-corrected chi connectivity index (χ4v) is 1.39. The van der Waals surface area contributed by atoms with Crippen LogP contribution in [0.2, 0.25) is 0 Å². The summed E-state index contributed by atoms with van der Waals surface area (Å²) in [5, 5.41) is 0.521. The van der Waals surface area contributed by atoms with Gasteiger partial charge in [-0.25, -0.2) is 4.98 Å². The summed E-state index contributed by atoms with van der Waals surface area (Å²) >= 11 is 5.58. The zero-order chi connectivity index (χ0) is 10.1. The summed E-state index contributed by atoms with van der Waals surface area (Å²) in [6, 6.07) is 4.97. The van der Waals surface area contributed by atoms with E-state index in [1.807, 2.05) is 0 Å². The van der Waals surface area contributed by atoms with E-state index < -0.39 is 0 Å². The van der Waals surface area contributed by atoms with E-state index in [-0.39, 0.29) is 11.4 Å². The summed E-state index contributed by atoms with van der Waals surface area (Å²) in [4.78, 5) is 18.2. The van der Waals surface area contributed by atoms with Crippen LogP contribution in [-0.4, -0.2) is 9.97 Å². The average Bonchev–Trinajstić information content (AvgIpc) is 2.16. The average molecular weight is 210 g/mol. The molecular formula is C9H8ClN3O. The van der Waals surface area contributed by atoms with Crippen LogP contribution in [0.1, 0.15) is 5.82 Å². The number of nitrogens with one attached hydrogen (secondary N) is 1. The molecule has 2 aromatic rings. The third kappa shape index (κ3) is 1.44. The van der Waals surface area contributed by atoms with Gasteiger partial charge in [0, 0.05) is 5.69 Å². The first-order valence-electron chi connectivity index (χ1n) is 4.05. The monoisotopic (exact) mass is 209 g/mol. The normalized spacial score (nSPS) is 10.6. The summed E-state index contributed by atoms with van der Waals surface area (Å²) in [7, 11) is 0. The number of aromatic amines is 1. The molecule has 0 radical (unpaired) electrons. The molecule has 0 aliphatic rings. The van der Waals surface area contributed by atoms with Gasteiger partial charge in [-0.1, -0.05) is 0 Å². The van der Waals surface area contributed by atoms with Gasteiger partial charge in [-0.15, -0.1) is 11.6 Å². The number of H-pyrrole nitrogens is 1. The Balaban J connectivity index is 2.84. The second kappa shape index (κ2) is 3.31. The number of nitrogens with two attached hydrogens (primary N) is 1. The number of nitrogen functional groups attached to an aromatic ring is 1. The van der Waals surface area contributed by atoms with Crippen LogP contribution in [0.3, 0.4) is 0 Å². The lowest BCUT2D eigenvalue weighted by atomic mass is 10.2. The number of hydrogen-bond donors (Lipinski definition) is 2. The van der Waals surface area contributed by atoms with Crippen LogP contribution in [0.15, 0.2) is 23.0 Å². The van der Waals surface area contributed by atoms with E-state index in [1.165, 1.54) is 0 Å². The van der Waals surface area contributed by atoms with E-state index >= 15 is 0 Å². The molecule has 1 aromatic carbocycles. The van der Waals surface area contributed by atoms with Gasteiger partial charge in [-0.05, 0) is 18.2 Å². The van der Waals surface area contributed by atoms with E-state index in [1.54, 1.807) is 18.2 Å². The zero-order valence-electron chi connectivity index (χ0n) is 7.25. The van der Waals surface area contributed by atoms with Crippen molar-refractivity contribution in [2.24, 2.45) is 0 Å². The van der Waals surface area contributed by atoms with Crippen molar-refractivity contribution in [1.82, 2.24) is 9.97 Å². The van der Waals surface area contributed by atoms with E-state index in [2.05, 4.69) is 9.97 Å². The molecule has 0 spiro atoms. The largest absolute Gasteiger partial charge is 0.399 e. The number of benzene rings is 1. The quantitative estimate of drug-likeness (QED) is 0.548. The van der Waals surface area contributed by atoms with Gasteiger partial charge in [0.25, 0.3) is 5.56 Å². The van der Waals surface area contributed by atoms with Crippen molar-refractivity contribution in [2.45, 2.75) is 5.88 Å². The molecule has 0 fully saturated rings. The maximum Gasteiger partial charge on any atom is 0.258 e. The number of hydrogen-bond acceptors (Lipinski definition) is 3. The van der Waals surface area contributed by atoms with Crippen LogP contribution in [-0.2, 0) is 5.88 Å². The highest BCUT2D eigenvalue weighted by Crippen LogP contribution is 2.11. The van der Waals surface area contributed by atoms with E-state index in [9.17, 15) is 4.79 Å². The number of nitrogens with zero attached hydrogens (tertiary/aromatic N) is 1. The van der Waals surface area contributed by atoms with Gasteiger partial charge < -0.3 is 10.7 Å². The van der Waals surface area contributed by atoms with Gasteiger partial charge >= 0.3 is 0 Å². The minimum absolute atomic E-state index is 0.181. The third-order valence-electron chi connectivity index (χ3n) is 1.91. The first-order chi connectivity index (χ1) is 6.70. The smallest absolute Gasteiger partial charge is 0.258 e. The topological polar surface area (TPSA) is 71.8 Å². The van der Waals surface area contributed by atoms with Gasteiger partial charge in [0.1, 0.15) is 5.82 Å². The number of anilines is 1. The Morgan fingerprint density at radius 3 is 3.00 bits per heavy atom. The molecule has 3 N–H and O–H groups in total. The summed E-state index contributed by atoms with van der Waals surface area (Å²) < 4.78 is 0. The second-order valence-electron chi connectivity index (χ2n) is 2.92. The van der Waals surface area contributed by atoms with E-state index in [0.717, 1.165) is 0 Å². The van der Waals surface area contributed by atoms with Crippen LogP contribution in [0.4, 0.5) is 5.69 Å². The number of alkyl halides is 1. The number of rotatable bonds is 1. The standard InChI is InChI=1S/C9H8ClN3O/c10-4-8-12-7-3-5(11)1-2-6(7)9(14)13-8/h1-3H,4,11H2,(H,12,13,14). The number of fused-ring (bicyclic) bond motifs is 1. The molecule has 0 aliphatic heterocycles. The molecule has 0 bridgehead atoms. The first kappa shape index (κ1) is 9.02. The molecule has 72 valence electrons. The van der Waals surface area contributed by atoms with Gasteiger partial charge in [-0.2, -0.15) is 0 Å². The molecule has 4 nitrogen and oxygen atoms in total. The SMILES string of the molecule is Nc1ccc2c(=O)[nH]c(CCl)nc2c1. The fourth-order valence-electron chi connectivity index (χ4n) is 1.27. The van der Waals surface area contributed by atoms with Crippen molar-refractivity contribution in [3.05, 3.63) is 34.4 Å². The molecule has 0 unspecified atom stereocenters. The van der Waals surface area contributed by atoms with Crippen molar-refractivity contribution in [1.29, 1.82) is 0 Å². The third-order valence-corrected chi connectivity index (χ3v) is 2.16. The fraction of sp³-hybridized carbons (Fsp3) is 0.111. The van der Waals surface area contributed by atoms with Crippen LogP contribution in [0.25, 0.3) is 10.9 Å². The highest BCUT2D eigenvalue weighted by atomic mass is 35.5.